The van der Waals surface area contributed by atoms with Crippen molar-refractivity contribution in [3.05, 3.63) is 35.4 Å². The molecule has 1 heterocycles. The van der Waals surface area contributed by atoms with Crippen LogP contribution in [0, 0.1) is 0 Å². The van der Waals surface area contributed by atoms with Crippen molar-refractivity contribution in [3.8, 4) is 0 Å². The van der Waals surface area contributed by atoms with Crippen molar-refractivity contribution in [3.63, 3.8) is 0 Å². The Hall–Kier alpha value is -2.37. The zero-order valence-electron chi connectivity index (χ0n) is 14.4. The monoisotopic (exact) mass is 343 g/mol. The van der Waals surface area contributed by atoms with Gasteiger partial charge in [0.15, 0.2) is 0 Å². The highest BCUT2D eigenvalue weighted by Crippen LogP contribution is 2.18. The zero-order chi connectivity index (χ0) is 17.6. The topological polar surface area (TPSA) is 69.7 Å². The summed E-state index contributed by atoms with van der Waals surface area (Å²) >= 11 is 0. The smallest absolute Gasteiger partial charge is 0.253 e. The first-order valence-corrected chi connectivity index (χ1v) is 9.07. The highest BCUT2D eigenvalue weighted by atomic mass is 16.2. The molecule has 0 spiro atoms. The molecule has 2 aliphatic rings. The summed E-state index contributed by atoms with van der Waals surface area (Å²) in [6, 6.07) is 7.13. The summed E-state index contributed by atoms with van der Waals surface area (Å²) in [7, 11) is 0. The molecule has 6 nitrogen and oxygen atoms in total. The third-order valence-corrected chi connectivity index (χ3v) is 5.08. The quantitative estimate of drug-likeness (QED) is 0.846. The molecule has 1 saturated heterocycles. The molecular weight excluding hydrogens is 318 g/mol. The van der Waals surface area contributed by atoms with Gasteiger partial charge < -0.3 is 15.1 Å². The lowest BCUT2D eigenvalue weighted by atomic mass is 9.95. The Kier molecular flexibility index (Phi) is 5.68. The van der Waals surface area contributed by atoms with Crippen LogP contribution in [0.3, 0.4) is 0 Å². The van der Waals surface area contributed by atoms with E-state index in [9.17, 15) is 14.4 Å². The highest BCUT2D eigenvalue weighted by Gasteiger charge is 2.22. The molecule has 1 aliphatic carbocycles. The molecule has 1 aliphatic heterocycles. The van der Waals surface area contributed by atoms with Crippen LogP contribution in [0.1, 0.15) is 52.8 Å². The first kappa shape index (κ1) is 17.5. The Balaban J connectivity index is 1.57. The average molecular weight is 343 g/mol. The van der Waals surface area contributed by atoms with Crippen molar-refractivity contribution in [2.75, 3.05) is 26.2 Å². The second-order valence-corrected chi connectivity index (χ2v) is 6.82. The van der Waals surface area contributed by atoms with Gasteiger partial charge >= 0.3 is 0 Å². The van der Waals surface area contributed by atoms with Gasteiger partial charge in [-0.05, 0) is 37.1 Å². The molecular formula is C19H25N3O3. The van der Waals surface area contributed by atoms with Gasteiger partial charge in [-0.3, -0.25) is 14.4 Å². The van der Waals surface area contributed by atoms with E-state index in [1.165, 1.54) is 19.3 Å². The number of carbonyl (C=O) groups excluding carboxylic acids is 3. The fraction of sp³-hybridized carbons (Fsp3) is 0.526. The van der Waals surface area contributed by atoms with Crippen molar-refractivity contribution in [2.45, 2.75) is 38.1 Å². The molecule has 3 amide bonds. The standard InChI is InChI=1S/C19H25N3O3/c23-14-21-10-12-22(13-11-21)19(25)16-8-6-15(7-9-16)18(24)20-17-4-2-1-3-5-17/h6-9,14,17H,1-5,10-13H2,(H,20,24). The van der Waals surface area contributed by atoms with Crippen LogP contribution in [0.25, 0.3) is 0 Å². The maximum absolute atomic E-state index is 12.5. The third kappa shape index (κ3) is 4.38. The molecule has 0 atom stereocenters. The summed E-state index contributed by atoms with van der Waals surface area (Å²) in [5.74, 6) is -0.115. The highest BCUT2D eigenvalue weighted by molar-refractivity contribution is 5.98. The van der Waals surface area contributed by atoms with E-state index in [-0.39, 0.29) is 17.9 Å². The average Bonchev–Trinajstić information content (AvgIpc) is 2.68. The van der Waals surface area contributed by atoms with Gasteiger partial charge in [0, 0.05) is 43.3 Å². The fourth-order valence-electron chi connectivity index (χ4n) is 3.49. The van der Waals surface area contributed by atoms with E-state index < -0.39 is 0 Å². The van der Waals surface area contributed by atoms with Crippen molar-refractivity contribution < 1.29 is 14.4 Å². The summed E-state index contributed by atoms with van der Waals surface area (Å²) < 4.78 is 0. The van der Waals surface area contributed by atoms with Crippen LogP contribution in [0.5, 0.6) is 0 Å². The molecule has 1 saturated carbocycles. The Morgan fingerprint density at radius 3 is 2.12 bits per heavy atom. The lowest BCUT2D eigenvalue weighted by Crippen LogP contribution is -2.48. The van der Waals surface area contributed by atoms with Crippen LogP contribution in [-0.4, -0.2) is 60.2 Å². The molecule has 3 rings (SSSR count). The molecule has 0 bridgehead atoms. The van der Waals surface area contributed by atoms with Crippen LogP contribution >= 0.6 is 0 Å². The van der Waals surface area contributed by atoms with Gasteiger partial charge in [-0.15, -0.1) is 0 Å². The summed E-state index contributed by atoms with van der Waals surface area (Å²) in [4.78, 5) is 39.0. The number of carbonyl (C=O) groups is 3. The fourth-order valence-corrected chi connectivity index (χ4v) is 3.49. The van der Waals surface area contributed by atoms with Gasteiger partial charge in [0.25, 0.3) is 11.8 Å². The number of nitrogens with one attached hydrogen (secondary N) is 1. The summed E-state index contributed by atoms with van der Waals surface area (Å²) in [5.41, 5.74) is 1.17. The summed E-state index contributed by atoms with van der Waals surface area (Å²) in [5, 5.41) is 3.09. The number of piperazine rings is 1. The van der Waals surface area contributed by atoms with Gasteiger partial charge in [0.2, 0.25) is 6.41 Å². The maximum atomic E-state index is 12.5. The van der Waals surface area contributed by atoms with Crippen LogP contribution in [-0.2, 0) is 4.79 Å². The van der Waals surface area contributed by atoms with E-state index >= 15 is 0 Å². The van der Waals surface area contributed by atoms with E-state index in [1.807, 2.05) is 0 Å². The molecule has 6 heteroatoms. The Bertz CT molecular complexity index is 615. The molecule has 0 radical (unpaired) electrons. The minimum atomic E-state index is -0.0644. The molecule has 2 fully saturated rings. The Morgan fingerprint density at radius 1 is 0.920 bits per heavy atom. The largest absolute Gasteiger partial charge is 0.349 e. The van der Waals surface area contributed by atoms with E-state index in [0.717, 1.165) is 19.3 Å². The van der Waals surface area contributed by atoms with Crippen molar-refractivity contribution in [2.24, 2.45) is 0 Å². The zero-order valence-corrected chi connectivity index (χ0v) is 14.4. The first-order chi connectivity index (χ1) is 12.2. The molecule has 1 aromatic carbocycles. The Morgan fingerprint density at radius 2 is 1.52 bits per heavy atom. The second-order valence-electron chi connectivity index (χ2n) is 6.82. The predicted molar refractivity (Wildman–Crippen MR) is 94.3 cm³/mol. The molecule has 0 unspecified atom stereocenters. The van der Waals surface area contributed by atoms with E-state index in [4.69, 9.17) is 0 Å². The third-order valence-electron chi connectivity index (χ3n) is 5.08. The van der Waals surface area contributed by atoms with Crippen LogP contribution in [0.2, 0.25) is 0 Å². The minimum Gasteiger partial charge on any atom is -0.349 e. The molecule has 134 valence electrons. The van der Waals surface area contributed by atoms with Crippen LogP contribution < -0.4 is 5.32 Å². The van der Waals surface area contributed by atoms with Gasteiger partial charge in [-0.25, -0.2) is 0 Å². The number of rotatable bonds is 4. The molecule has 0 aromatic heterocycles. The second kappa shape index (κ2) is 8.14. The SMILES string of the molecule is O=CN1CCN(C(=O)c2ccc(C(=O)NC3CCCCC3)cc2)CC1. The van der Waals surface area contributed by atoms with Gasteiger partial charge in [0.05, 0.1) is 0 Å². The molecule has 25 heavy (non-hydrogen) atoms. The summed E-state index contributed by atoms with van der Waals surface area (Å²) in [6.45, 7) is 2.22. The Labute approximate surface area is 148 Å². The van der Waals surface area contributed by atoms with Crippen molar-refractivity contribution >= 4 is 18.2 Å². The maximum Gasteiger partial charge on any atom is 0.253 e. The van der Waals surface area contributed by atoms with E-state index in [1.54, 1.807) is 34.1 Å². The summed E-state index contributed by atoms with van der Waals surface area (Å²) in [6.07, 6.45) is 6.53. The predicted octanol–water partition coefficient (Wildman–Crippen LogP) is 1.66. The molecule has 1 aromatic rings. The number of nitrogens with zero attached hydrogens (tertiary/aromatic N) is 2. The number of benzene rings is 1. The van der Waals surface area contributed by atoms with E-state index in [2.05, 4.69) is 5.32 Å². The van der Waals surface area contributed by atoms with Crippen LogP contribution in [0.15, 0.2) is 24.3 Å². The normalized spacial score (nSPS) is 18.7. The molecule has 1 N–H and O–H groups in total. The van der Waals surface area contributed by atoms with Crippen LogP contribution in [0.4, 0.5) is 0 Å². The minimum absolute atomic E-state index is 0.0511. The number of amides is 3. The van der Waals surface area contributed by atoms with Gasteiger partial charge in [-0.2, -0.15) is 0 Å². The van der Waals surface area contributed by atoms with E-state index in [0.29, 0.717) is 37.3 Å². The first-order valence-electron chi connectivity index (χ1n) is 9.07. The van der Waals surface area contributed by atoms with Crippen molar-refractivity contribution in [1.29, 1.82) is 0 Å². The van der Waals surface area contributed by atoms with Gasteiger partial charge in [0.1, 0.15) is 0 Å². The lowest BCUT2D eigenvalue weighted by Gasteiger charge is -2.32. The number of hydrogen-bond acceptors (Lipinski definition) is 3. The number of hydrogen-bond donors (Lipinski definition) is 1. The van der Waals surface area contributed by atoms with Crippen molar-refractivity contribution in [1.82, 2.24) is 15.1 Å². The van der Waals surface area contributed by atoms with Gasteiger partial charge in [-0.1, -0.05) is 19.3 Å². The lowest BCUT2D eigenvalue weighted by molar-refractivity contribution is -0.119.